The summed E-state index contributed by atoms with van der Waals surface area (Å²) in [7, 11) is 1.63. The van der Waals surface area contributed by atoms with Crippen LogP contribution in [0.25, 0.3) is 5.69 Å². The minimum Gasteiger partial charge on any atom is -0.508 e. The van der Waals surface area contributed by atoms with E-state index in [1.807, 2.05) is 48.0 Å². The Morgan fingerprint density at radius 2 is 1.85 bits per heavy atom. The van der Waals surface area contributed by atoms with E-state index >= 15 is 0 Å². The number of carbonyl (C=O) groups is 1. The molecule has 26 heavy (non-hydrogen) atoms. The average molecular weight is 348 g/mol. The maximum absolute atomic E-state index is 12.8. The largest absolute Gasteiger partial charge is 0.508 e. The summed E-state index contributed by atoms with van der Waals surface area (Å²) < 4.78 is 7.06. The Morgan fingerprint density at radius 1 is 1.12 bits per heavy atom. The van der Waals surface area contributed by atoms with Crippen LogP contribution in [0.15, 0.2) is 48.5 Å². The number of ether oxygens (including phenoxy) is 1. The number of phenolic OH excluding ortho intramolecular Hbond substituents is 1. The Balaban J connectivity index is 1.78. The lowest BCUT2D eigenvalue weighted by atomic mass is 9.81. The Labute approximate surface area is 151 Å². The van der Waals surface area contributed by atoms with Gasteiger partial charge in [0.1, 0.15) is 11.5 Å². The molecule has 1 atom stereocenters. The number of aromatic hydroxyl groups is 1. The summed E-state index contributed by atoms with van der Waals surface area (Å²) in [5, 5.41) is 14.8. The molecule has 1 aliphatic carbocycles. The highest BCUT2D eigenvalue weighted by molar-refractivity contribution is 6.00. The zero-order chi connectivity index (χ0) is 18.3. The third kappa shape index (κ3) is 2.65. The van der Waals surface area contributed by atoms with Gasteiger partial charge in [-0.25, -0.2) is 4.68 Å². The molecule has 0 amide bonds. The van der Waals surface area contributed by atoms with Gasteiger partial charge in [-0.1, -0.05) is 18.2 Å². The van der Waals surface area contributed by atoms with Crippen LogP contribution in [0, 0.1) is 6.92 Å². The quantitative estimate of drug-likeness (QED) is 0.782. The molecule has 1 aliphatic rings. The number of nitrogens with zero attached hydrogens (tertiary/aromatic N) is 2. The van der Waals surface area contributed by atoms with Crippen molar-refractivity contribution in [3.05, 3.63) is 71.0 Å². The number of phenols is 1. The van der Waals surface area contributed by atoms with Crippen molar-refractivity contribution in [2.75, 3.05) is 7.11 Å². The molecule has 0 spiro atoms. The molecule has 1 aromatic heterocycles. The lowest BCUT2D eigenvalue weighted by Gasteiger charge is -2.23. The molecule has 0 radical (unpaired) electrons. The lowest BCUT2D eigenvalue weighted by Crippen LogP contribution is -2.20. The second kappa shape index (κ2) is 6.33. The van der Waals surface area contributed by atoms with E-state index in [1.165, 1.54) is 0 Å². The molecule has 0 bridgehead atoms. The molecular formula is C21H20N2O3. The molecule has 1 N–H and O–H groups in total. The van der Waals surface area contributed by atoms with Gasteiger partial charge in [-0.15, -0.1) is 0 Å². The number of carbonyl (C=O) groups excluding carboxylic acids is 1. The van der Waals surface area contributed by atoms with Gasteiger partial charge < -0.3 is 9.84 Å². The Hall–Kier alpha value is -3.08. The van der Waals surface area contributed by atoms with Crippen molar-refractivity contribution in [1.82, 2.24) is 9.78 Å². The summed E-state index contributed by atoms with van der Waals surface area (Å²) in [5.41, 5.74) is 4.06. The Bertz CT molecular complexity index is 973. The van der Waals surface area contributed by atoms with E-state index in [1.54, 1.807) is 19.2 Å². The highest BCUT2D eigenvalue weighted by atomic mass is 16.5. The SMILES string of the molecule is COc1ccc(-n2nc(C)c3c2C[C@@H](c2ccccc2O)CC3=O)cc1. The van der Waals surface area contributed by atoms with Crippen molar-refractivity contribution in [2.24, 2.45) is 0 Å². The van der Waals surface area contributed by atoms with Gasteiger partial charge in [-0.2, -0.15) is 5.10 Å². The van der Waals surface area contributed by atoms with Gasteiger partial charge in [0.05, 0.1) is 29.7 Å². The first-order valence-electron chi connectivity index (χ1n) is 8.62. The number of hydrogen-bond acceptors (Lipinski definition) is 4. The second-order valence-electron chi connectivity index (χ2n) is 6.60. The normalized spacial score (nSPS) is 16.4. The fourth-order valence-corrected chi connectivity index (χ4v) is 3.75. The predicted molar refractivity (Wildman–Crippen MR) is 98.4 cm³/mol. The van der Waals surface area contributed by atoms with E-state index < -0.39 is 0 Å². The fraction of sp³-hybridized carbons (Fsp3) is 0.238. The molecule has 5 nitrogen and oxygen atoms in total. The van der Waals surface area contributed by atoms with Gasteiger partial charge in [0.15, 0.2) is 5.78 Å². The van der Waals surface area contributed by atoms with E-state index in [0.717, 1.165) is 28.4 Å². The van der Waals surface area contributed by atoms with Crippen LogP contribution < -0.4 is 4.74 Å². The topological polar surface area (TPSA) is 64.3 Å². The van der Waals surface area contributed by atoms with Crippen LogP contribution in [0.4, 0.5) is 0 Å². The molecule has 0 unspecified atom stereocenters. The lowest BCUT2D eigenvalue weighted by molar-refractivity contribution is 0.0963. The maximum atomic E-state index is 12.8. The van der Waals surface area contributed by atoms with Gasteiger partial charge in [-0.05, 0) is 49.2 Å². The van der Waals surface area contributed by atoms with E-state index in [-0.39, 0.29) is 17.5 Å². The Morgan fingerprint density at radius 3 is 2.54 bits per heavy atom. The van der Waals surface area contributed by atoms with Crippen LogP contribution in [-0.2, 0) is 6.42 Å². The molecule has 4 rings (SSSR count). The molecule has 0 saturated carbocycles. The van der Waals surface area contributed by atoms with Gasteiger partial charge in [0.2, 0.25) is 0 Å². The van der Waals surface area contributed by atoms with Crippen LogP contribution in [0.3, 0.4) is 0 Å². The van der Waals surface area contributed by atoms with Crippen LogP contribution in [0.1, 0.15) is 39.6 Å². The number of aromatic nitrogens is 2. The molecule has 5 heteroatoms. The minimum atomic E-state index is -0.0516. The number of hydrogen-bond donors (Lipinski definition) is 1. The summed E-state index contributed by atoms with van der Waals surface area (Å²) in [4.78, 5) is 12.8. The van der Waals surface area contributed by atoms with Crippen LogP contribution in [0.5, 0.6) is 11.5 Å². The zero-order valence-electron chi connectivity index (χ0n) is 14.8. The molecule has 2 aromatic carbocycles. The monoisotopic (exact) mass is 348 g/mol. The molecular weight excluding hydrogens is 328 g/mol. The van der Waals surface area contributed by atoms with Crippen molar-refractivity contribution in [3.8, 4) is 17.2 Å². The molecule has 1 heterocycles. The number of benzene rings is 2. The molecule has 0 aliphatic heterocycles. The number of aryl methyl sites for hydroxylation is 1. The van der Waals surface area contributed by atoms with Crippen LogP contribution in [0.2, 0.25) is 0 Å². The molecule has 0 saturated heterocycles. The van der Waals surface area contributed by atoms with Gasteiger partial charge in [0, 0.05) is 12.3 Å². The number of methoxy groups -OCH3 is 1. The second-order valence-corrected chi connectivity index (χ2v) is 6.60. The van der Waals surface area contributed by atoms with Crippen molar-refractivity contribution < 1.29 is 14.6 Å². The minimum absolute atomic E-state index is 0.0516. The van der Waals surface area contributed by atoms with E-state index in [4.69, 9.17) is 4.74 Å². The highest BCUT2D eigenvalue weighted by Gasteiger charge is 2.33. The molecule has 3 aromatic rings. The van der Waals surface area contributed by atoms with Crippen LogP contribution >= 0.6 is 0 Å². The Kier molecular flexibility index (Phi) is 3.99. The van der Waals surface area contributed by atoms with Gasteiger partial charge in [-0.3, -0.25) is 4.79 Å². The van der Waals surface area contributed by atoms with Crippen molar-refractivity contribution in [3.63, 3.8) is 0 Å². The van der Waals surface area contributed by atoms with E-state index in [0.29, 0.717) is 18.4 Å². The summed E-state index contributed by atoms with van der Waals surface area (Å²) in [6.07, 6.45) is 1.05. The number of ketones is 1. The number of para-hydroxylation sites is 1. The third-order valence-electron chi connectivity index (χ3n) is 5.00. The standard InChI is InChI=1S/C21H20N2O3/c1-13-21-18(23(22-13)15-7-9-16(26-2)10-8-15)11-14(12-20(21)25)17-5-3-4-6-19(17)24/h3-10,14,24H,11-12H2,1-2H3/t14-/m1/s1. The maximum Gasteiger partial charge on any atom is 0.167 e. The summed E-state index contributed by atoms with van der Waals surface area (Å²) in [6, 6.07) is 14.9. The molecule has 0 fully saturated rings. The van der Waals surface area contributed by atoms with Crippen molar-refractivity contribution in [2.45, 2.75) is 25.7 Å². The van der Waals surface area contributed by atoms with Crippen molar-refractivity contribution in [1.29, 1.82) is 0 Å². The van der Waals surface area contributed by atoms with Gasteiger partial charge in [0.25, 0.3) is 0 Å². The molecule has 132 valence electrons. The first kappa shape index (κ1) is 16.4. The first-order valence-corrected chi connectivity index (χ1v) is 8.62. The summed E-state index contributed by atoms with van der Waals surface area (Å²) in [5.74, 6) is 1.04. The number of rotatable bonds is 3. The average Bonchev–Trinajstić information content (AvgIpc) is 2.99. The number of fused-ring (bicyclic) bond motifs is 1. The third-order valence-corrected chi connectivity index (χ3v) is 5.00. The summed E-state index contributed by atoms with van der Waals surface area (Å²) >= 11 is 0. The van der Waals surface area contributed by atoms with Crippen LogP contribution in [-0.4, -0.2) is 27.8 Å². The highest BCUT2D eigenvalue weighted by Crippen LogP contribution is 2.38. The first-order chi connectivity index (χ1) is 12.6. The smallest absolute Gasteiger partial charge is 0.167 e. The van der Waals surface area contributed by atoms with Crippen molar-refractivity contribution >= 4 is 5.78 Å². The van der Waals surface area contributed by atoms with Gasteiger partial charge >= 0.3 is 0 Å². The predicted octanol–water partition coefficient (Wildman–Crippen LogP) is 3.81. The van der Waals surface area contributed by atoms with E-state index in [2.05, 4.69) is 5.10 Å². The fourth-order valence-electron chi connectivity index (χ4n) is 3.75. The van der Waals surface area contributed by atoms with E-state index in [9.17, 15) is 9.90 Å². The number of Topliss-reactive ketones (excluding diaryl/α,β-unsaturated/α-hetero) is 1. The zero-order valence-corrected chi connectivity index (χ0v) is 14.8. The summed E-state index contributed by atoms with van der Waals surface area (Å²) in [6.45, 7) is 1.87.